The Morgan fingerprint density at radius 2 is 1.30 bits per heavy atom. The second-order valence-corrected chi connectivity index (χ2v) is 10.8. The predicted octanol–water partition coefficient (Wildman–Crippen LogP) is 2.81. The van der Waals surface area contributed by atoms with Gasteiger partial charge in [-0.25, -0.2) is 10.3 Å². The molecule has 0 bridgehead atoms. The first-order valence-electron chi connectivity index (χ1n) is 14.5. The summed E-state index contributed by atoms with van der Waals surface area (Å²) in [6.45, 7) is 7.86. The molecular formula is C32H38N2O12. The van der Waals surface area contributed by atoms with Crippen molar-refractivity contribution in [3.63, 3.8) is 0 Å². The van der Waals surface area contributed by atoms with E-state index in [2.05, 4.69) is 10.8 Å². The third-order valence-corrected chi connectivity index (χ3v) is 6.74. The molecule has 1 heterocycles. The van der Waals surface area contributed by atoms with Gasteiger partial charge in [0.1, 0.15) is 12.7 Å². The van der Waals surface area contributed by atoms with Crippen LogP contribution in [0.4, 0.5) is 5.69 Å². The summed E-state index contributed by atoms with van der Waals surface area (Å²) in [4.78, 5) is 78.9. The first-order chi connectivity index (χ1) is 21.8. The Morgan fingerprint density at radius 3 is 1.85 bits per heavy atom. The lowest BCUT2D eigenvalue weighted by Gasteiger charge is -2.43. The molecule has 248 valence electrons. The van der Waals surface area contributed by atoms with E-state index < -0.39 is 67.1 Å². The number of esters is 4. The van der Waals surface area contributed by atoms with Crippen molar-refractivity contribution in [2.75, 3.05) is 11.9 Å². The van der Waals surface area contributed by atoms with Gasteiger partial charge in [-0.1, -0.05) is 44.2 Å². The van der Waals surface area contributed by atoms with E-state index in [0.29, 0.717) is 5.69 Å². The normalized spacial score (nSPS) is 21.3. The summed E-state index contributed by atoms with van der Waals surface area (Å²) >= 11 is 0. The minimum Gasteiger partial charge on any atom is -0.463 e. The van der Waals surface area contributed by atoms with Crippen LogP contribution in [0.15, 0.2) is 54.6 Å². The van der Waals surface area contributed by atoms with Crippen LogP contribution < -0.4 is 10.8 Å². The zero-order valence-corrected chi connectivity index (χ0v) is 26.3. The molecule has 2 aromatic rings. The minimum absolute atomic E-state index is 0.0285. The van der Waals surface area contributed by atoms with Crippen molar-refractivity contribution in [1.82, 2.24) is 5.48 Å². The van der Waals surface area contributed by atoms with Crippen molar-refractivity contribution in [2.45, 2.75) is 78.2 Å². The van der Waals surface area contributed by atoms with Gasteiger partial charge in [-0.3, -0.25) is 28.8 Å². The van der Waals surface area contributed by atoms with Gasteiger partial charge in [0.05, 0.1) is 5.92 Å². The quantitative estimate of drug-likeness (QED) is 0.197. The average molecular weight is 643 g/mol. The van der Waals surface area contributed by atoms with Gasteiger partial charge in [0.25, 0.3) is 5.91 Å². The van der Waals surface area contributed by atoms with Crippen LogP contribution in [-0.4, -0.2) is 73.0 Å². The Labute approximate surface area is 265 Å². The van der Waals surface area contributed by atoms with Gasteiger partial charge in [-0.2, -0.15) is 0 Å². The van der Waals surface area contributed by atoms with E-state index in [1.807, 2.05) is 44.2 Å². The molecule has 0 unspecified atom stereocenters. The second-order valence-electron chi connectivity index (χ2n) is 10.8. The number of hydrogen-bond donors (Lipinski definition) is 2. The fourth-order valence-electron chi connectivity index (χ4n) is 4.88. The molecule has 14 heteroatoms. The molecule has 1 aliphatic heterocycles. The number of carbonyl (C=O) groups excluding carboxylic acids is 6. The molecule has 2 N–H and O–H groups in total. The van der Waals surface area contributed by atoms with E-state index in [4.69, 9.17) is 28.5 Å². The topological polar surface area (TPSA) is 182 Å². The number of ether oxygens (including phenoxy) is 5. The molecule has 14 nitrogen and oxygen atoms in total. The van der Waals surface area contributed by atoms with Crippen molar-refractivity contribution in [2.24, 2.45) is 5.92 Å². The molecule has 6 atom stereocenters. The molecule has 0 spiro atoms. The lowest BCUT2D eigenvalue weighted by Crippen LogP contribution is -2.63. The fraction of sp³-hybridized carbons (Fsp3) is 0.438. The maximum absolute atomic E-state index is 13.1. The summed E-state index contributed by atoms with van der Waals surface area (Å²) in [6, 6.07) is 15.4. The summed E-state index contributed by atoms with van der Waals surface area (Å²) < 4.78 is 26.8. The van der Waals surface area contributed by atoms with Crippen molar-refractivity contribution < 1.29 is 57.3 Å². The van der Waals surface area contributed by atoms with E-state index in [-0.39, 0.29) is 23.3 Å². The molecule has 2 aromatic carbocycles. The molecule has 0 saturated carbocycles. The number of benzene rings is 2. The van der Waals surface area contributed by atoms with E-state index in [1.165, 1.54) is 12.1 Å². The van der Waals surface area contributed by atoms with Gasteiger partial charge >= 0.3 is 23.9 Å². The molecular weight excluding hydrogens is 604 g/mol. The van der Waals surface area contributed by atoms with Crippen LogP contribution >= 0.6 is 0 Å². The van der Waals surface area contributed by atoms with E-state index in [1.54, 1.807) is 12.1 Å². The molecule has 3 rings (SSSR count). The van der Waals surface area contributed by atoms with Gasteiger partial charge in [0.2, 0.25) is 12.2 Å². The van der Waals surface area contributed by atoms with Crippen LogP contribution in [-0.2, 0) is 52.5 Å². The fourth-order valence-corrected chi connectivity index (χ4v) is 4.88. The Balaban J connectivity index is 1.76. The van der Waals surface area contributed by atoms with Crippen LogP contribution in [0.5, 0.6) is 0 Å². The molecule has 46 heavy (non-hydrogen) atoms. The van der Waals surface area contributed by atoms with Crippen LogP contribution in [0.3, 0.4) is 0 Å². The van der Waals surface area contributed by atoms with Crippen LogP contribution in [0, 0.1) is 5.92 Å². The lowest BCUT2D eigenvalue weighted by molar-refractivity contribution is -0.317. The van der Waals surface area contributed by atoms with E-state index in [0.717, 1.165) is 33.3 Å². The maximum atomic E-state index is 13.1. The summed E-state index contributed by atoms with van der Waals surface area (Å²) in [5.74, 6) is -4.41. The van der Waals surface area contributed by atoms with Gasteiger partial charge in [0, 0.05) is 38.9 Å². The maximum Gasteiger partial charge on any atom is 0.303 e. The van der Waals surface area contributed by atoms with Gasteiger partial charge in [-0.05, 0) is 35.7 Å². The standard InChI is InChI=1S/C32H38N2O12/c1-17(2)26(22-10-8-7-9-11-22)31(40)33-24-14-12-23(13-15-24)30(39)34-46-32-29(44-21(6)38)28(43-20(5)37)27(42-19(4)36)25(45-32)16-41-18(3)35/h7-15,17,25-29,32H,16H2,1-6H3,(H,33,40)(H,34,39)/t25-,26+,27+,28+,29-,32+/m1/s1. The van der Waals surface area contributed by atoms with E-state index >= 15 is 0 Å². The van der Waals surface area contributed by atoms with Gasteiger partial charge in [0.15, 0.2) is 18.3 Å². The molecule has 2 amide bonds. The van der Waals surface area contributed by atoms with Crippen LogP contribution in [0.1, 0.15) is 63.4 Å². The molecule has 1 saturated heterocycles. The number of amides is 2. The third-order valence-electron chi connectivity index (χ3n) is 6.74. The van der Waals surface area contributed by atoms with Crippen LogP contribution in [0.25, 0.3) is 0 Å². The highest BCUT2D eigenvalue weighted by molar-refractivity contribution is 5.97. The van der Waals surface area contributed by atoms with Crippen LogP contribution in [0.2, 0.25) is 0 Å². The Kier molecular flexibility index (Phi) is 12.8. The SMILES string of the molecule is CC(=O)OC[C@H]1O[C@@H](ONC(=O)c2ccc(NC(=O)[C@H](c3ccccc3)C(C)C)cc2)[C@H](OC(C)=O)[C@@H](OC(C)=O)[C@H]1OC(C)=O. The second kappa shape index (κ2) is 16.5. The number of carbonyl (C=O) groups is 6. The first-order valence-corrected chi connectivity index (χ1v) is 14.5. The molecule has 0 radical (unpaired) electrons. The minimum atomic E-state index is -1.60. The van der Waals surface area contributed by atoms with E-state index in [9.17, 15) is 28.8 Å². The summed E-state index contributed by atoms with van der Waals surface area (Å²) in [5, 5.41) is 2.87. The highest BCUT2D eigenvalue weighted by Crippen LogP contribution is 2.30. The monoisotopic (exact) mass is 642 g/mol. The molecule has 1 fully saturated rings. The van der Waals surface area contributed by atoms with Crippen molar-refractivity contribution in [3.05, 3.63) is 65.7 Å². The molecule has 0 aromatic heterocycles. The Bertz CT molecular complexity index is 1400. The number of rotatable bonds is 12. The highest BCUT2D eigenvalue weighted by Gasteiger charge is 2.53. The van der Waals surface area contributed by atoms with Crippen molar-refractivity contribution >= 4 is 41.4 Å². The van der Waals surface area contributed by atoms with Gasteiger partial charge in [-0.15, -0.1) is 0 Å². The van der Waals surface area contributed by atoms with Gasteiger partial charge < -0.3 is 29.0 Å². The smallest absolute Gasteiger partial charge is 0.303 e. The number of anilines is 1. The zero-order valence-electron chi connectivity index (χ0n) is 26.3. The Morgan fingerprint density at radius 1 is 0.739 bits per heavy atom. The summed E-state index contributed by atoms with van der Waals surface area (Å²) in [7, 11) is 0. The highest BCUT2D eigenvalue weighted by atomic mass is 16.8. The molecule has 0 aliphatic carbocycles. The number of hydroxylamine groups is 1. The molecule has 1 aliphatic rings. The predicted molar refractivity (Wildman–Crippen MR) is 160 cm³/mol. The summed E-state index contributed by atoms with van der Waals surface area (Å²) in [6.07, 6.45) is -7.21. The van der Waals surface area contributed by atoms with Crippen molar-refractivity contribution in [3.8, 4) is 0 Å². The average Bonchev–Trinajstić information content (AvgIpc) is 2.97. The van der Waals surface area contributed by atoms with Crippen molar-refractivity contribution in [1.29, 1.82) is 0 Å². The largest absolute Gasteiger partial charge is 0.463 e. The lowest BCUT2D eigenvalue weighted by atomic mass is 9.87. The third kappa shape index (κ3) is 10.1. The first kappa shape index (κ1) is 35.7. The number of nitrogens with one attached hydrogen (secondary N) is 2. The zero-order chi connectivity index (χ0) is 34.0. The summed E-state index contributed by atoms with van der Waals surface area (Å²) in [5.41, 5.74) is 3.68. The number of hydrogen-bond acceptors (Lipinski definition) is 12. The Hall–Kier alpha value is -4.82.